The molecule has 1 atom stereocenters. The van der Waals surface area contributed by atoms with Crippen LogP contribution in [0.5, 0.6) is 5.75 Å². The highest BCUT2D eigenvalue weighted by Gasteiger charge is 2.32. The molecule has 0 N–H and O–H groups in total. The first-order chi connectivity index (χ1) is 17.7. The smallest absolute Gasteiger partial charge is 0.435 e. The third-order valence-corrected chi connectivity index (χ3v) is 6.12. The van der Waals surface area contributed by atoms with Gasteiger partial charge in [0.2, 0.25) is 11.7 Å². The molecule has 2 aromatic carbocycles. The SMILES string of the molecule is COCCCCOc1ccc2cc(-c3noc([C@@H]4CCCN4C(C)=NC(=O)OC(C)(C)C)n3)ccc2c1. The summed E-state index contributed by atoms with van der Waals surface area (Å²) >= 11 is 0. The maximum atomic E-state index is 12.2. The molecule has 0 aliphatic carbocycles. The molecule has 9 nitrogen and oxygen atoms in total. The van der Waals surface area contributed by atoms with E-state index in [1.165, 1.54) is 0 Å². The molecule has 0 saturated carbocycles. The Morgan fingerprint density at radius 3 is 2.68 bits per heavy atom. The van der Waals surface area contributed by atoms with Crippen molar-refractivity contribution in [3.8, 4) is 17.1 Å². The number of nitrogens with zero attached hydrogens (tertiary/aromatic N) is 4. The topological polar surface area (TPSA) is 99.3 Å². The van der Waals surface area contributed by atoms with Crippen LogP contribution < -0.4 is 4.74 Å². The lowest BCUT2D eigenvalue weighted by Crippen LogP contribution is -2.30. The number of amides is 1. The van der Waals surface area contributed by atoms with Crippen molar-refractivity contribution in [2.75, 3.05) is 26.9 Å². The Balaban J connectivity index is 1.44. The number of benzene rings is 2. The second kappa shape index (κ2) is 11.7. The van der Waals surface area contributed by atoms with Crippen molar-refractivity contribution >= 4 is 22.7 Å². The van der Waals surface area contributed by atoms with E-state index in [-0.39, 0.29) is 6.04 Å². The summed E-state index contributed by atoms with van der Waals surface area (Å²) in [5.74, 6) is 2.48. The van der Waals surface area contributed by atoms with Crippen LogP contribution >= 0.6 is 0 Å². The van der Waals surface area contributed by atoms with Gasteiger partial charge in [-0.1, -0.05) is 23.4 Å². The first kappa shape index (κ1) is 26.6. The second-order valence-electron chi connectivity index (χ2n) is 10.2. The number of fused-ring (bicyclic) bond motifs is 1. The number of unbranched alkanes of at least 4 members (excludes halogenated alkanes) is 1. The first-order valence-corrected chi connectivity index (χ1v) is 12.8. The zero-order valence-corrected chi connectivity index (χ0v) is 22.3. The first-order valence-electron chi connectivity index (χ1n) is 12.8. The van der Waals surface area contributed by atoms with Crippen molar-refractivity contribution < 1.29 is 23.5 Å². The van der Waals surface area contributed by atoms with E-state index in [4.69, 9.17) is 23.7 Å². The molecule has 198 valence electrons. The molecule has 0 bridgehead atoms. The van der Waals surface area contributed by atoms with Gasteiger partial charge < -0.3 is 23.6 Å². The third kappa shape index (κ3) is 7.07. The van der Waals surface area contributed by atoms with Crippen LogP contribution in [0, 0.1) is 0 Å². The molecule has 1 fully saturated rings. The summed E-state index contributed by atoms with van der Waals surface area (Å²) in [6.45, 7) is 9.44. The third-order valence-electron chi connectivity index (χ3n) is 6.12. The van der Waals surface area contributed by atoms with E-state index in [1.807, 2.05) is 62.1 Å². The van der Waals surface area contributed by atoms with Crippen molar-refractivity contribution in [3.05, 3.63) is 42.3 Å². The van der Waals surface area contributed by atoms with Gasteiger partial charge in [0.15, 0.2) is 0 Å². The Bertz CT molecular complexity index is 1250. The molecular weight excluding hydrogens is 472 g/mol. The van der Waals surface area contributed by atoms with Crippen molar-refractivity contribution in [2.45, 2.75) is 65.0 Å². The minimum absolute atomic E-state index is 0.128. The zero-order valence-electron chi connectivity index (χ0n) is 22.3. The van der Waals surface area contributed by atoms with Gasteiger partial charge in [0.05, 0.1) is 6.61 Å². The summed E-state index contributed by atoms with van der Waals surface area (Å²) in [6.07, 6.45) is 3.12. The normalized spacial score (nSPS) is 16.4. The van der Waals surface area contributed by atoms with Crippen molar-refractivity contribution in [2.24, 2.45) is 4.99 Å². The number of ether oxygens (including phenoxy) is 3. The van der Waals surface area contributed by atoms with E-state index in [9.17, 15) is 4.79 Å². The van der Waals surface area contributed by atoms with Crippen LogP contribution in [0.25, 0.3) is 22.2 Å². The van der Waals surface area contributed by atoms with Gasteiger partial charge >= 0.3 is 6.09 Å². The standard InChI is InChI=1S/C28H36N4O5/c1-19(29-27(33)36-28(2,3)4)32-14-8-9-24(32)26-30-25(31-37-26)22-11-10-21-18-23(13-12-20(21)17-22)35-16-7-6-15-34-5/h10-13,17-18,24H,6-9,14-16H2,1-5H3/t24-/m0/s1. The van der Waals surface area contributed by atoms with Gasteiger partial charge in [-0.25, -0.2) is 4.79 Å². The molecule has 37 heavy (non-hydrogen) atoms. The molecule has 1 aliphatic rings. The van der Waals surface area contributed by atoms with Crippen LogP contribution in [-0.2, 0) is 9.47 Å². The molecule has 2 heterocycles. The van der Waals surface area contributed by atoms with Crippen molar-refractivity contribution in [3.63, 3.8) is 0 Å². The van der Waals surface area contributed by atoms with Crippen LogP contribution in [-0.4, -0.2) is 59.4 Å². The van der Waals surface area contributed by atoms with Crippen LogP contribution in [0.2, 0.25) is 0 Å². The number of aromatic nitrogens is 2. The summed E-state index contributed by atoms with van der Waals surface area (Å²) in [6, 6.07) is 12.0. The molecule has 4 rings (SSSR count). The summed E-state index contributed by atoms with van der Waals surface area (Å²) in [7, 11) is 1.71. The minimum atomic E-state index is -0.599. The predicted molar refractivity (Wildman–Crippen MR) is 142 cm³/mol. The summed E-state index contributed by atoms with van der Waals surface area (Å²) in [5, 5.41) is 6.39. The lowest BCUT2D eigenvalue weighted by Gasteiger charge is -2.24. The predicted octanol–water partition coefficient (Wildman–Crippen LogP) is 6.19. The Labute approximate surface area is 217 Å². The lowest BCUT2D eigenvalue weighted by molar-refractivity contribution is 0.0601. The van der Waals surface area contributed by atoms with E-state index < -0.39 is 11.7 Å². The van der Waals surface area contributed by atoms with Crippen molar-refractivity contribution in [1.29, 1.82) is 0 Å². The van der Waals surface area contributed by atoms with Gasteiger partial charge in [0, 0.05) is 25.8 Å². The van der Waals surface area contributed by atoms with E-state index in [0.717, 1.165) is 60.9 Å². The number of likely N-dealkylation sites (tertiary alicyclic amines) is 1. The minimum Gasteiger partial charge on any atom is -0.494 e. The Morgan fingerprint density at radius 1 is 1.14 bits per heavy atom. The highest BCUT2D eigenvalue weighted by atomic mass is 16.6. The average molecular weight is 509 g/mol. The van der Waals surface area contributed by atoms with Crippen molar-refractivity contribution in [1.82, 2.24) is 15.0 Å². The Morgan fingerprint density at radius 2 is 1.89 bits per heavy atom. The fraction of sp³-hybridized carbons (Fsp3) is 0.500. The quantitative estimate of drug-likeness (QED) is 0.202. The van der Waals surface area contributed by atoms with Gasteiger partial charge in [-0.05, 0) is 82.3 Å². The van der Waals surface area contributed by atoms with Crippen LogP contribution in [0.3, 0.4) is 0 Å². The monoisotopic (exact) mass is 508 g/mol. The summed E-state index contributed by atoms with van der Waals surface area (Å²) in [5.41, 5.74) is 0.282. The van der Waals surface area contributed by atoms with E-state index >= 15 is 0 Å². The maximum Gasteiger partial charge on any atom is 0.435 e. The fourth-order valence-corrected chi connectivity index (χ4v) is 4.37. The largest absolute Gasteiger partial charge is 0.494 e. The highest BCUT2D eigenvalue weighted by Crippen LogP contribution is 2.33. The number of rotatable bonds is 8. The molecule has 3 aromatic rings. The van der Waals surface area contributed by atoms with Crippen LogP contribution in [0.4, 0.5) is 4.79 Å². The zero-order chi connectivity index (χ0) is 26.4. The summed E-state index contributed by atoms with van der Waals surface area (Å²) in [4.78, 5) is 23.0. The number of amidine groups is 1. The Hall–Kier alpha value is -3.46. The molecule has 1 saturated heterocycles. The van der Waals surface area contributed by atoms with E-state index in [1.54, 1.807) is 14.0 Å². The van der Waals surface area contributed by atoms with Gasteiger partial charge in [-0.2, -0.15) is 9.98 Å². The molecular formula is C28H36N4O5. The lowest BCUT2D eigenvalue weighted by atomic mass is 10.1. The number of carbonyl (C=O) groups is 1. The Kier molecular flexibility index (Phi) is 8.43. The number of carbonyl (C=O) groups excluding carboxylic acids is 1. The molecule has 0 spiro atoms. The molecule has 1 aromatic heterocycles. The molecule has 1 amide bonds. The second-order valence-corrected chi connectivity index (χ2v) is 10.2. The highest BCUT2D eigenvalue weighted by molar-refractivity contribution is 5.90. The van der Waals surface area contributed by atoms with Gasteiger partial charge in [0.25, 0.3) is 0 Å². The van der Waals surface area contributed by atoms with Crippen LogP contribution in [0.15, 0.2) is 45.9 Å². The van der Waals surface area contributed by atoms with Gasteiger partial charge in [-0.3, -0.25) is 0 Å². The number of aliphatic imine (C=N–C) groups is 1. The van der Waals surface area contributed by atoms with E-state index in [0.29, 0.717) is 24.2 Å². The van der Waals surface area contributed by atoms with Gasteiger partial charge in [0.1, 0.15) is 23.2 Å². The fourth-order valence-electron chi connectivity index (χ4n) is 4.37. The molecule has 0 unspecified atom stereocenters. The maximum absolute atomic E-state index is 12.2. The van der Waals surface area contributed by atoms with Gasteiger partial charge in [-0.15, -0.1) is 0 Å². The molecule has 0 radical (unpaired) electrons. The molecule has 1 aliphatic heterocycles. The molecule has 9 heteroatoms. The number of hydrogen-bond donors (Lipinski definition) is 0. The number of hydrogen-bond acceptors (Lipinski definition) is 7. The van der Waals surface area contributed by atoms with Crippen LogP contribution in [0.1, 0.15) is 65.3 Å². The summed E-state index contributed by atoms with van der Waals surface area (Å²) < 4.78 is 22.0. The van der Waals surface area contributed by atoms with E-state index in [2.05, 4.69) is 10.1 Å². The average Bonchev–Trinajstić information content (AvgIpc) is 3.52. The number of methoxy groups -OCH3 is 1.